The smallest absolute Gasteiger partial charge is 0.166 e. The van der Waals surface area contributed by atoms with Gasteiger partial charge in [-0.05, 0) is 77.9 Å². The Bertz CT molecular complexity index is 3080. The van der Waals surface area contributed by atoms with E-state index in [0.717, 1.165) is 93.5 Å². The summed E-state index contributed by atoms with van der Waals surface area (Å²) >= 11 is 0. The highest BCUT2D eigenvalue weighted by Gasteiger charge is 2.21. The Balaban J connectivity index is 1.26. The van der Waals surface area contributed by atoms with Crippen molar-refractivity contribution < 1.29 is 0 Å². The van der Waals surface area contributed by atoms with E-state index >= 15 is 0 Å². The van der Waals surface area contributed by atoms with Gasteiger partial charge >= 0.3 is 0 Å². The summed E-state index contributed by atoms with van der Waals surface area (Å²) in [5.74, 6) is 1.62. The number of fused-ring (bicyclic) bond motifs is 5. The lowest BCUT2D eigenvalue weighted by molar-refractivity contribution is 1.07. The molecule has 5 aromatic carbocycles. The molecule has 6 aromatic heterocycles. The number of hydrogen-bond acceptors (Lipinski definition) is 8. The van der Waals surface area contributed by atoms with E-state index < -0.39 is 0 Å². The van der Waals surface area contributed by atoms with Gasteiger partial charge in [-0.15, -0.1) is 0 Å². The number of nitrogens with zero attached hydrogens (tertiary/aromatic N) is 8. The van der Waals surface area contributed by atoms with Gasteiger partial charge in [0, 0.05) is 85.7 Å². The molecule has 56 heavy (non-hydrogen) atoms. The molecule has 0 aliphatic rings. The molecular formula is C48H28N8. The number of aromatic nitrogens is 8. The topological polar surface area (TPSA) is 103 Å². The van der Waals surface area contributed by atoms with Crippen LogP contribution < -0.4 is 0 Å². The molecule has 0 saturated carbocycles. The molecule has 0 radical (unpaired) electrons. The average Bonchev–Trinajstić information content (AvgIpc) is 3.27. The number of para-hydroxylation sites is 1. The molecule has 8 heteroatoms. The first kappa shape index (κ1) is 31.7. The van der Waals surface area contributed by atoms with E-state index in [2.05, 4.69) is 66.7 Å². The lowest BCUT2D eigenvalue weighted by atomic mass is 9.90. The van der Waals surface area contributed by atoms with E-state index in [0.29, 0.717) is 17.5 Å². The van der Waals surface area contributed by atoms with Crippen molar-refractivity contribution in [2.24, 2.45) is 0 Å². The maximum absolute atomic E-state index is 5.25. The minimum Gasteiger partial charge on any atom is -0.256 e. The molecule has 0 fully saturated rings. The lowest BCUT2D eigenvalue weighted by Crippen LogP contribution is -2.01. The van der Waals surface area contributed by atoms with Crippen LogP contribution in [0.25, 0.3) is 111 Å². The highest BCUT2D eigenvalue weighted by atomic mass is 15.0. The fourth-order valence-corrected chi connectivity index (χ4v) is 7.78. The van der Waals surface area contributed by atoms with E-state index in [1.165, 1.54) is 0 Å². The molecule has 0 atom stereocenters. The van der Waals surface area contributed by atoms with Crippen LogP contribution in [0.1, 0.15) is 0 Å². The second kappa shape index (κ2) is 12.9. The number of rotatable bonds is 5. The summed E-state index contributed by atoms with van der Waals surface area (Å²) in [6.45, 7) is 0. The standard InChI is InChI=1S/C48H28N8/c1-2-10-30(11-3-1)46-54-47(56-48(55-46)38-16-4-12-29-13-5-21-51-43(29)38)35-25-33(41-36-17-8-19-49-39(36)27-31-14-6-22-52-44(31)41)24-34(26-35)42-37-18-9-20-50-40(37)28-32-15-7-23-53-45(32)42/h1-28H. The van der Waals surface area contributed by atoms with Crippen LogP contribution in [0.2, 0.25) is 0 Å². The quantitative estimate of drug-likeness (QED) is 0.162. The minimum atomic E-state index is 0.524. The van der Waals surface area contributed by atoms with E-state index in [1.807, 2.05) is 97.6 Å². The number of pyridine rings is 5. The van der Waals surface area contributed by atoms with Gasteiger partial charge in [0.1, 0.15) is 0 Å². The second-order valence-electron chi connectivity index (χ2n) is 13.6. The molecular weight excluding hydrogens is 689 g/mol. The Morgan fingerprint density at radius 1 is 0.304 bits per heavy atom. The Morgan fingerprint density at radius 2 is 0.786 bits per heavy atom. The lowest BCUT2D eigenvalue weighted by Gasteiger charge is -2.16. The number of benzene rings is 5. The van der Waals surface area contributed by atoms with Crippen LogP contribution >= 0.6 is 0 Å². The zero-order valence-electron chi connectivity index (χ0n) is 29.7. The van der Waals surface area contributed by atoms with E-state index in [1.54, 1.807) is 6.20 Å². The van der Waals surface area contributed by atoms with Crippen LogP contribution in [0, 0.1) is 0 Å². The largest absolute Gasteiger partial charge is 0.256 e. The Hall–Kier alpha value is -7.84. The summed E-state index contributed by atoms with van der Waals surface area (Å²) in [5, 5.41) is 4.99. The van der Waals surface area contributed by atoms with E-state index in [4.69, 9.17) is 39.9 Å². The predicted octanol–water partition coefficient (Wildman–Crippen LogP) is 10.9. The predicted molar refractivity (Wildman–Crippen MR) is 224 cm³/mol. The summed E-state index contributed by atoms with van der Waals surface area (Å²) in [7, 11) is 0. The SMILES string of the molecule is c1ccc(-c2nc(-c3cc(-c4c5cccnc5cc5cccnc45)cc(-c4c5cccnc5cc5cccnc45)c3)nc(-c3cccc4cccnc34)n2)cc1. The molecule has 0 spiro atoms. The summed E-state index contributed by atoms with van der Waals surface area (Å²) < 4.78 is 0. The van der Waals surface area contributed by atoms with Crippen molar-refractivity contribution in [1.82, 2.24) is 39.9 Å². The van der Waals surface area contributed by atoms with Crippen molar-refractivity contribution in [3.05, 3.63) is 171 Å². The molecule has 8 nitrogen and oxygen atoms in total. The van der Waals surface area contributed by atoms with Crippen LogP contribution in [-0.4, -0.2) is 39.9 Å². The molecule has 11 aromatic rings. The zero-order chi connectivity index (χ0) is 37.0. The van der Waals surface area contributed by atoms with Crippen LogP contribution in [0.5, 0.6) is 0 Å². The molecule has 0 bridgehead atoms. The molecule has 11 rings (SSSR count). The Kier molecular flexibility index (Phi) is 7.31. The third kappa shape index (κ3) is 5.31. The zero-order valence-corrected chi connectivity index (χ0v) is 29.7. The summed E-state index contributed by atoms with van der Waals surface area (Å²) in [6.07, 6.45) is 9.15. The molecule has 0 N–H and O–H groups in total. The molecule has 6 heterocycles. The highest BCUT2D eigenvalue weighted by Crippen LogP contribution is 2.42. The molecule has 0 aliphatic carbocycles. The average molecular weight is 717 g/mol. The maximum Gasteiger partial charge on any atom is 0.166 e. The molecule has 0 amide bonds. The van der Waals surface area contributed by atoms with Crippen LogP contribution in [0.4, 0.5) is 0 Å². The van der Waals surface area contributed by atoms with Gasteiger partial charge in [0.2, 0.25) is 0 Å². The first-order valence-corrected chi connectivity index (χ1v) is 18.3. The third-order valence-electron chi connectivity index (χ3n) is 10.3. The van der Waals surface area contributed by atoms with E-state index in [-0.39, 0.29) is 0 Å². The fourth-order valence-electron chi connectivity index (χ4n) is 7.78. The van der Waals surface area contributed by atoms with Crippen LogP contribution in [0.15, 0.2) is 171 Å². The summed E-state index contributed by atoms with van der Waals surface area (Å²) in [6, 6.07) is 47.1. The van der Waals surface area contributed by atoms with Gasteiger partial charge in [0.15, 0.2) is 17.5 Å². The van der Waals surface area contributed by atoms with Crippen molar-refractivity contribution in [3.63, 3.8) is 0 Å². The van der Waals surface area contributed by atoms with Crippen molar-refractivity contribution >= 4 is 54.5 Å². The van der Waals surface area contributed by atoms with Crippen LogP contribution in [-0.2, 0) is 0 Å². The summed E-state index contributed by atoms with van der Waals surface area (Å²) in [5.41, 5.74) is 10.7. The molecule has 0 aliphatic heterocycles. The van der Waals surface area contributed by atoms with Gasteiger partial charge in [0.25, 0.3) is 0 Å². The van der Waals surface area contributed by atoms with Gasteiger partial charge in [-0.1, -0.05) is 72.8 Å². The first-order chi connectivity index (χ1) is 27.7. The van der Waals surface area contributed by atoms with Gasteiger partial charge in [-0.3, -0.25) is 24.9 Å². The molecule has 260 valence electrons. The van der Waals surface area contributed by atoms with E-state index in [9.17, 15) is 0 Å². The Morgan fingerprint density at radius 3 is 1.41 bits per heavy atom. The van der Waals surface area contributed by atoms with Crippen molar-refractivity contribution in [3.8, 4) is 56.4 Å². The van der Waals surface area contributed by atoms with Gasteiger partial charge < -0.3 is 0 Å². The van der Waals surface area contributed by atoms with Crippen molar-refractivity contribution in [1.29, 1.82) is 0 Å². The third-order valence-corrected chi connectivity index (χ3v) is 10.3. The number of hydrogen-bond donors (Lipinski definition) is 0. The monoisotopic (exact) mass is 716 g/mol. The molecule has 0 unspecified atom stereocenters. The second-order valence-corrected chi connectivity index (χ2v) is 13.6. The minimum absolute atomic E-state index is 0.524. The maximum atomic E-state index is 5.25. The van der Waals surface area contributed by atoms with Crippen LogP contribution in [0.3, 0.4) is 0 Å². The van der Waals surface area contributed by atoms with Gasteiger partial charge in [0.05, 0.1) is 27.6 Å². The first-order valence-electron chi connectivity index (χ1n) is 18.3. The highest BCUT2D eigenvalue weighted by molar-refractivity contribution is 6.13. The van der Waals surface area contributed by atoms with Gasteiger partial charge in [-0.25, -0.2) is 15.0 Å². The molecule has 0 saturated heterocycles. The van der Waals surface area contributed by atoms with Gasteiger partial charge in [-0.2, -0.15) is 0 Å². The Labute approximate surface area is 320 Å². The normalized spacial score (nSPS) is 11.6. The van der Waals surface area contributed by atoms with Crippen molar-refractivity contribution in [2.45, 2.75) is 0 Å². The van der Waals surface area contributed by atoms with Crippen molar-refractivity contribution in [2.75, 3.05) is 0 Å². The fraction of sp³-hybridized carbons (Fsp3) is 0. The summed E-state index contributed by atoms with van der Waals surface area (Å²) in [4.78, 5) is 39.8.